The van der Waals surface area contributed by atoms with Crippen molar-refractivity contribution in [3.05, 3.63) is 29.7 Å². The molecule has 0 aromatic carbocycles. The highest BCUT2D eigenvalue weighted by molar-refractivity contribution is 7.89. The van der Waals surface area contributed by atoms with Crippen LogP contribution in [0.1, 0.15) is 35.8 Å². The Labute approximate surface area is 140 Å². The molecule has 130 valence electrons. The Hall–Kier alpha value is -2.00. The van der Waals surface area contributed by atoms with Crippen molar-refractivity contribution in [2.24, 2.45) is 0 Å². The van der Waals surface area contributed by atoms with E-state index in [2.05, 4.69) is 15.4 Å². The lowest BCUT2D eigenvalue weighted by molar-refractivity contribution is 0.0925. The summed E-state index contributed by atoms with van der Waals surface area (Å²) in [7, 11) is -3.15. The fraction of sp³-hybridized carbons (Fsp3) is 0.533. The first-order chi connectivity index (χ1) is 11.4. The van der Waals surface area contributed by atoms with Gasteiger partial charge in [-0.1, -0.05) is 0 Å². The van der Waals surface area contributed by atoms with Crippen molar-refractivity contribution in [3.63, 3.8) is 0 Å². The lowest BCUT2D eigenvalue weighted by Gasteiger charge is -2.31. The van der Waals surface area contributed by atoms with E-state index in [4.69, 9.17) is 0 Å². The zero-order chi connectivity index (χ0) is 17.3. The molecule has 3 rings (SSSR count). The Bertz CT molecular complexity index is 853. The van der Waals surface area contributed by atoms with Gasteiger partial charge in [0.1, 0.15) is 5.56 Å². The number of amides is 1. The molecule has 8 nitrogen and oxygen atoms in total. The SMILES string of the molecule is CCS(=O)(=O)N1CCC(NC(=O)c2cnn3ccc(C)nc23)CC1. The average Bonchev–Trinajstić information content (AvgIpc) is 2.98. The summed E-state index contributed by atoms with van der Waals surface area (Å²) in [5.74, 6) is -0.114. The third-order valence-corrected chi connectivity index (χ3v) is 6.18. The zero-order valence-electron chi connectivity index (χ0n) is 13.8. The van der Waals surface area contributed by atoms with Crippen LogP contribution in [0.25, 0.3) is 5.65 Å². The quantitative estimate of drug-likeness (QED) is 0.869. The first-order valence-electron chi connectivity index (χ1n) is 8.00. The van der Waals surface area contributed by atoms with E-state index in [1.807, 2.05) is 13.0 Å². The monoisotopic (exact) mass is 351 g/mol. The van der Waals surface area contributed by atoms with Crippen molar-refractivity contribution >= 4 is 21.6 Å². The van der Waals surface area contributed by atoms with Crippen molar-refractivity contribution in [2.75, 3.05) is 18.8 Å². The molecule has 1 amide bonds. The number of nitrogens with zero attached hydrogens (tertiary/aromatic N) is 4. The fourth-order valence-corrected chi connectivity index (χ4v) is 3.98. The van der Waals surface area contributed by atoms with E-state index in [-0.39, 0.29) is 17.7 Å². The van der Waals surface area contributed by atoms with Crippen LogP contribution in [-0.4, -0.2) is 58.1 Å². The summed E-state index contributed by atoms with van der Waals surface area (Å²) < 4.78 is 26.8. The van der Waals surface area contributed by atoms with Crippen LogP contribution in [0.2, 0.25) is 0 Å². The van der Waals surface area contributed by atoms with Crippen molar-refractivity contribution in [1.29, 1.82) is 0 Å². The Morgan fingerprint density at radius 3 is 2.75 bits per heavy atom. The van der Waals surface area contributed by atoms with Crippen LogP contribution in [-0.2, 0) is 10.0 Å². The van der Waals surface area contributed by atoms with Gasteiger partial charge in [-0.15, -0.1) is 0 Å². The third-order valence-electron chi connectivity index (χ3n) is 4.30. The van der Waals surface area contributed by atoms with Gasteiger partial charge in [-0.05, 0) is 32.8 Å². The first kappa shape index (κ1) is 16.8. The van der Waals surface area contributed by atoms with E-state index < -0.39 is 10.0 Å². The molecule has 0 bridgehead atoms. The number of hydrogen-bond donors (Lipinski definition) is 1. The molecule has 3 heterocycles. The molecule has 0 saturated carbocycles. The van der Waals surface area contributed by atoms with Gasteiger partial charge in [-0.3, -0.25) is 4.79 Å². The molecular formula is C15H21N5O3S. The van der Waals surface area contributed by atoms with Crippen LogP contribution >= 0.6 is 0 Å². The number of sulfonamides is 1. The average molecular weight is 351 g/mol. The van der Waals surface area contributed by atoms with Gasteiger partial charge >= 0.3 is 0 Å². The largest absolute Gasteiger partial charge is 0.349 e. The minimum absolute atomic E-state index is 0.0411. The summed E-state index contributed by atoms with van der Waals surface area (Å²) in [5.41, 5.74) is 1.77. The van der Waals surface area contributed by atoms with Gasteiger partial charge in [0.25, 0.3) is 5.91 Å². The van der Waals surface area contributed by atoms with E-state index in [0.717, 1.165) is 5.69 Å². The Morgan fingerprint density at radius 1 is 1.38 bits per heavy atom. The Balaban J connectivity index is 1.67. The minimum Gasteiger partial charge on any atom is -0.349 e. The number of carbonyl (C=O) groups is 1. The maximum Gasteiger partial charge on any atom is 0.256 e. The highest BCUT2D eigenvalue weighted by Crippen LogP contribution is 2.16. The summed E-state index contributed by atoms with van der Waals surface area (Å²) >= 11 is 0. The van der Waals surface area contributed by atoms with Crippen molar-refractivity contribution < 1.29 is 13.2 Å². The lowest BCUT2D eigenvalue weighted by Crippen LogP contribution is -2.46. The van der Waals surface area contributed by atoms with Crippen LogP contribution in [0.15, 0.2) is 18.5 Å². The maximum atomic E-state index is 12.5. The van der Waals surface area contributed by atoms with Crippen molar-refractivity contribution in [3.8, 4) is 0 Å². The van der Waals surface area contributed by atoms with Gasteiger partial charge in [-0.25, -0.2) is 22.2 Å². The summed E-state index contributed by atoms with van der Waals surface area (Å²) in [6.07, 6.45) is 4.49. The smallest absolute Gasteiger partial charge is 0.256 e. The molecule has 1 aliphatic rings. The Morgan fingerprint density at radius 2 is 2.08 bits per heavy atom. The molecule has 0 spiro atoms. The predicted octanol–water partition coefficient (Wildman–Crippen LogP) is 0.582. The normalized spacial score (nSPS) is 17.2. The van der Waals surface area contributed by atoms with Gasteiger partial charge in [0.15, 0.2) is 5.65 Å². The number of nitrogens with one attached hydrogen (secondary N) is 1. The number of piperidine rings is 1. The van der Waals surface area contributed by atoms with Crippen LogP contribution in [0.4, 0.5) is 0 Å². The van der Waals surface area contributed by atoms with Crippen LogP contribution < -0.4 is 5.32 Å². The molecule has 0 atom stereocenters. The number of fused-ring (bicyclic) bond motifs is 1. The van der Waals surface area contributed by atoms with Gasteiger partial charge in [-0.2, -0.15) is 5.10 Å². The fourth-order valence-electron chi connectivity index (χ4n) is 2.84. The molecule has 0 radical (unpaired) electrons. The van der Waals surface area contributed by atoms with Gasteiger partial charge in [0.05, 0.1) is 11.9 Å². The number of aromatic nitrogens is 3. The lowest BCUT2D eigenvalue weighted by atomic mass is 10.1. The molecular weight excluding hydrogens is 330 g/mol. The van der Waals surface area contributed by atoms with E-state index in [1.165, 1.54) is 10.5 Å². The van der Waals surface area contributed by atoms with Gasteiger partial charge in [0, 0.05) is 31.0 Å². The number of rotatable bonds is 4. The zero-order valence-corrected chi connectivity index (χ0v) is 14.6. The van der Waals surface area contributed by atoms with E-state index in [9.17, 15) is 13.2 Å². The number of carbonyl (C=O) groups excluding carboxylic acids is 1. The highest BCUT2D eigenvalue weighted by atomic mass is 32.2. The second kappa shape index (κ2) is 6.48. The summed E-state index contributed by atoms with van der Waals surface area (Å²) in [4.78, 5) is 16.9. The van der Waals surface area contributed by atoms with E-state index in [0.29, 0.717) is 37.1 Å². The topological polar surface area (TPSA) is 96.7 Å². The molecule has 0 aliphatic carbocycles. The number of aryl methyl sites for hydroxylation is 1. The standard InChI is InChI=1S/C15H21N5O3S/c1-3-24(22,23)19-7-5-12(6-8-19)18-15(21)13-10-16-20-9-4-11(2)17-14(13)20/h4,9-10,12H,3,5-8H2,1-2H3,(H,18,21). The summed E-state index contributed by atoms with van der Waals surface area (Å²) in [6, 6.07) is 1.78. The van der Waals surface area contributed by atoms with E-state index >= 15 is 0 Å². The van der Waals surface area contributed by atoms with Gasteiger partial charge < -0.3 is 5.32 Å². The predicted molar refractivity (Wildman–Crippen MR) is 89.2 cm³/mol. The second-order valence-corrected chi connectivity index (χ2v) is 8.20. The van der Waals surface area contributed by atoms with Crippen molar-refractivity contribution in [2.45, 2.75) is 32.7 Å². The molecule has 0 unspecified atom stereocenters. The van der Waals surface area contributed by atoms with Crippen LogP contribution in [0.3, 0.4) is 0 Å². The van der Waals surface area contributed by atoms with Gasteiger partial charge in [0.2, 0.25) is 10.0 Å². The highest BCUT2D eigenvalue weighted by Gasteiger charge is 2.28. The summed E-state index contributed by atoms with van der Waals surface area (Å²) in [5, 5.41) is 7.10. The molecule has 2 aromatic rings. The van der Waals surface area contributed by atoms with Crippen LogP contribution in [0.5, 0.6) is 0 Å². The molecule has 9 heteroatoms. The molecule has 24 heavy (non-hydrogen) atoms. The Kier molecular flexibility index (Phi) is 4.55. The van der Waals surface area contributed by atoms with Crippen LogP contribution in [0, 0.1) is 6.92 Å². The second-order valence-electron chi connectivity index (χ2n) is 5.94. The molecule has 1 aliphatic heterocycles. The summed E-state index contributed by atoms with van der Waals surface area (Å²) in [6.45, 7) is 4.38. The van der Waals surface area contributed by atoms with Crippen molar-refractivity contribution in [1.82, 2.24) is 24.2 Å². The first-order valence-corrected chi connectivity index (χ1v) is 9.61. The maximum absolute atomic E-state index is 12.5. The number of hydrogen-bond acceptors (Lipinski definition) is 5. The third kappa shape index (κ3) is 3.27. The molecule has 1 saturated heterocycles. The van der Waals surface area contributed by atoms with E-state index in [1.54, 1.807) is 17.6 Å². The molecule has 2 aromatic heterocycles. The minimum atomic E-state index is -3.15. The molecule has 1 fully saturated rings. The molecule has 1 N–H and O–H groups in total.